The largest absolute Gasteiger partial charge is 0.497 e. The van der Waals surface area contributed by atoms with Gasteiger partial charge < -0.3 is 30.9 Å². The Bertz CT molecular complexity index is 939. The van der Waals surface area contributed by atoms with Crippen LogP contribution < -0.4 is 16.2 Å². The number of benzene rings is 1. The number of H-pyrrole nitrogens is 1. The number of methoxy groups -OCH3 is 1. The van der Waals surface area contributed by atoms with E-state index in [2.05, 4.69) is 9.97 Å². The predicted molar refractivity (Wildman–Crippen MR) is 101 cm³/mol. The highest BCUT2D eigenvalue weighted by Gasteiger charge is 2.03. The van der Waals surface area contributed by atoms with Gasteiger partial charge in [-0.05, 0) is 36.7 Å². The van der Waals surface area contributed by atoms with Gasteiger partial charge in [-0.1, -0.05) is 0 Å². The highest BCUT2D eigenvalue weighted by atomic mass is 32.3. The van der Waals surface area contributed by atoms with E-state index in [-0.39, 0.29) is 5.88 Å². The lowest BCUT2D eigenvalue weighted by Crippen LogP contribution is -2.01. The third-order valence-corrected chi connectivity index (χ3v) is 3.29. The van der Waals surface area contributed by atoms with Crippen molar-refractivity contribution < 1.29 is 27.4 Å². The highest BCUT2D eigenvalue weighted by Crippen LogP contribution is 2.23. The molecule has 0 amide bonds. The fourth-order valence-corrected chi connectivity index (χ4v) is 2.11. The summed E-state index contributed by atoms with van der Waals surface area (Å²) in [6.45, 7) is 0.671. The lowest BCUT2D eigenvalue weighted by Gasteiger charge is -2.00. The van der Waals surface area contributed by atoms with Crippen LogP contribution in [-0.2, 0) is 23.9 Å². The minimum atomic E-state index is -4.67. The molecule has 0 saturated carbocycles. The molecule has 11 nitrogen and oxygen atoms in total. The number of anilines is 1. The van der Waals surface area contributed by atoms with Gasteiger partial charge in [0, 0.05) is 24.1 Å². The Kier molecular flexibility index (Phi) is 8.05. The first-order chi connectivity index (χ1) is 12.5. The second-order valence-electron chi connectivity index (χ2n) is 5.28. The summed E-state index contributed by atoms with van der Waals surface area (Å²) in [4.78, 5) is 6.72. The van der Waals surface area contributed by atoms with Crippen molar-refractivity contribution in [2.45, 2.75) is 6.42 Å². The summed E-state index contributed by atoms with van der Waals surface area (Å²) in [5, 5.41) is 9.83. The van der Waals surface area contributed by atoms with Crippen molar-refractivity contribution in [3.63, 3.8) is 0 Å². The first-order valence-corrected chi connectivity index (χ1v) is 8.96. The second-order valence-corrected chi connectivity index (χ2v) is 6.18. The quantitative estimate of drug-likeness (QED) is 0.343. The smallest absolute Gasteiger partial charge is 0.394 e. The van der Waals surface area contributed by atoms with E-state index in [4.69, 9.17) is 38.8 Å². The Morgan fingerprint density at radius 2 is 1.96 bits per heavy atom. The molecule has 27 heavy (non-hydrogen) atoms. The average molecular weight is 401 g/mol. The third kappa shape index (κ3) is 7.96. The van der Waals surface area contributed by atoms with E-state index in [1.54, 1.807) is 14.2 Å². The number of aromatic amines is 1. The normalized spacial score (nSPS) is 10.6. The topological polar surface area (TPSA) is 190 Å². The molecule has 0 aliphatic heterocycles. The van der Waals surface area contributed by atoms with E-state index < -0.39 is 10.4 Å². The molecule has 8 N–H and O–H groups in total. The summed E-state index contributed by atoms with van der Waals surface area (Å²) in [7, 11) is -1.28. The number of nitrogens with one attached hydrogen (secondary N) is 1. The number of imidazole rings is 1. The van der Waals surface area contributed by atoms with Crippen molar-refractivity contribution in [3.05, 3.63) is 36.2 Å². The molecule has 0 unspecified atom stereocenters. The van der Waals surface area contributed by atoms with Gasteiger partial charge in [0.1, 0.15) is 5.75 Å². The number of nitrogens with two attached hydrogens (primary N) is 2. The molecule has 0 saturated heterocycles. The average Bonchev–Trinajstić information content (AvgIpc) is 3.09. The molecule has 0 aliphatic rings. The van der Waals surface area contributed by atoms with Gasteiger partial charge in [-0.15, -0.1) is 0 Å². The zero-order chi connectivity index (χ0) is 20.6. The first-order valence-electron chi connectivity index (χ1n) is 7.57. The van der Waals surface area contributed by atoms with Crippen molar-refractivity contribution in [1.29, 1.82) is 0 Å². The molecule has 1 aromatic carbocycles. The fourth-order valence-electron chi connectivity index (χ4n) is 2.11. The van der Waals surface area contributed by atoms with E-state index in [0.717, 1.165) is 17.7 Å². The van der Waals surface area contributed by atoms with Crippen LogP contribution in [0.4, 0.5) is 5.95 Å². The summed E-state index contributed by atoms with van der Waals surface area (Å²) in [5.41, 5.74) is 13.2. The molecule has 3 aromatic rings. The molecular formula is C15H23N5O6S. The van der Waals surface area contributed by atoms with Crippen molar-refractivity contribution >= 4 is 27.3 Å². The van der Waals surface area contributed by atoms with Gasteiger partial charge in [-0.2, -0.15) is 13.4 Å². The Labute approximate surface area is 156 Å². The van der Waals surface area contributed by atoms with Gasteiger partial charge >= 0.3 is 10.4 Å². The summed E-state index contributed by atoms with van der Waals surface area (Å²) in [6.07, 6.45) is 4.35. The summed E-state index contributed by atoms with van der Waals surface area (Å²) in [6, 6.07) is 6.01. The van der Waals surface area contributed by atoms with Crippen molar-refractivity contribution in [3.8, 4) is 11.6 Å². The number of ether oxygens (including phenoxy) is 1. The van der Waals surface area contributed by atoms with Gasteiger partial charge in [0.25, 0.3) is 0 Å². The highest BCUT2D eigenvalue weighted by molar-refractivity contribution is 7.79. The van der Waals surface area contributed by atoms with Crippen LogP contribution in [0.3, 0.4) is 0 Å². The molecule has 0 fully saturated rings. The van der Waals surface area contributed by atoms with Crippen LogP contribution >= 0.6 is 0 Å². The van der Waals surface area contributed by atoms with E-state index in [1.165, 1.54) is 21.7 Å². The van der Waals surface area contributed by atoms with Crippen molar-refractivity contribution in [2.24, 2.45) is 12.8 Å². The van der Waals surface area contributed by atoms with Crippen LogP contribution in [0.2, 0.25) is 0 Å². The lowest BCUT2D eigenvalue weighted by molar-refractivity contribution is 0.381. The van der Waals surface area contributed by atoms with E-state index in [1.807, 2.05) is 24.4 Å². The second kappa shape index (κ2) is 9.78. The van der Waals surface area contributed by atoms with E-state index >= 15 is 0 Å². The SMILES string of the molecule is COc1ccc2[nH]cc(CCN)c2c1.Cn1cc(O)nc1N.O=S(=O)(O)O. The number of aromatic nitrogens is 3. The zero-order valence-electron chi connectivity index (χ0n) is 14.8. The molecule has 0 aliphatic carbocycles. The molecule has 3 rings (SSSR count). The Morgan fingerprint density at radius 1 is 1.33 bits per heavy atom. The molecule has 0 radical (unpaired) electrons. The number of aryl methyl sites for hydroxylation is 1. The van der Waals surface area contributed by atoms with Crippen LogP contribution in [0.15, 0.2) is 30.6 Å². The van der Waals surface area contributed by atoms with Crippen LogP contribution in [0.5, 0.6) is 11.6 Å². The number of rotatable bonds is 3. The minimum absolute atomic E-state index is 0.0370. The van der Waals surface area contributed by atoms with Crippen molar-refractivity contribution in [1.82, 2.24) is 14.5 Å². The van der Waals surface area contributed by atoms with Crippen LogP contribution in [-0.4, -0.2) is 50.8 Å². The maximum Gasteiger partial charge on any atom is 0.394 e. The first kappa shape index (κ1) is 22.2. The summed E-state index contributed by atoms with van der Waals surface area (Å²) < 4.78 is 38.3. The number of fused-ring (bicyclic) bond motifs is 1. The van der Waals surface area contributed by atoms with E-state index in [0.29, 0.717) is 12.5 Å². The Balaban J connectivity index is 0.000000237. The van der Waals surface area contributed by atoms with Gasteiger partial charge in [-0.3, -0.25) is 9.11 Å². The van der Waals surface area contributed by atoms with Gasteiger partial charge in [0.2, 0.25) is 11.8 Å². The maximum absolute atomic E-state index is 8.74. The van der Waals surface area contributed by atoms with Crippen LogP contribution in [0.1, 0.15) is 5.56 Å². The third-order valence-electron chi connectivity index (χ3n) is 3.29. The minimum Gasteiger partial charge on any atom is -0.497 e. The molecule has 0 spiro atoms. The zero-order valence-corrected chi connectivity index (χ0v) is 15.6. The number of nitrogen functional groups attached to an aromatic ring is 1. The summed E-state index contributed by atoms with van der Waals surface area (Å²) >= 11 is 0. The maximum atomic E-state index is 8.74. The monoisotopic (exact) mass is 401 g/mol. The molecular weight excluding hydrogens is 378 g/mol. The molecule has 0 bridgehead atoms. The summed E-state index contributed by atoms with van der Waals surface area (Å²) in [5.74, 6) is 1.17. The Hall–Kier alpha value is -2.80. The Morgan fingerprint density at radius 3 is 2.37 bits per heavy atom. The van der Waals surface area contributed by atoms with Crippen LogP contribution in [0.25, 0.3) is 10.9 Å². The van der Waals surface area contributed by atoms with Crippen LogP contribution in [0, 0.1) is 0 Å². The number of nitrogens with zero attached hydrogens (tertiary/aromatic N) is 2. The molecule has 2 aromatic heterocycles. The fraction of sp³-hybridized carbons (Fsp3) is 0.267. The standard InChI is InChI=1S/C11H14N2O.C4H7N3O.H2O4S/c1-14-9-2-3-11-10(6-9)8(4-5-12)7-13-11;1-7-2-3(8)6-4(7)5;1-5(2,3)4/h2-3,6-7,13H,4-5,12H2,1H3;2,8H,1H3,(H2,5,6);(H2,1,2,3,4). The molecule has 12 heteroatoms. The number of aromatic hydroxyl groups is 1. The van der Waals surface area contributed by atoms with Crippen molar-refractivity contribution in [2.75, 3.05) is 19.4 Å². The van der Waals surface area contributed by atoms with E-state index in [9.17, 15) is 0 Å². The molecule has 2 heterocycles. The number of hydrogen-bond acceptors (Lipinski definition) is 7. The number of hydrogen-bond donors (Lipinski definition) is 6. The predicted octanol–water partition coefficient (Wildman–Crippen LogP) is 0.733. The molecule has 150 valence electrons. The van der Waals surface area contributed by atoms with Gasteiger partial charge in [0.05, 0.1) is 13.3 Å². The van der Waals surface area contributed by atoms with Gasteiger partial charge in [0.15, 0.2) is 0 Å². The lowest BCUT2D eigenvalue weighted by atomic mass is 10.1. The molecule has 0 atom stereocenters. The van der Waals surface area contributed by atoms with Gasteiger partial charge in [-0.25, -0.2) is 0 Å².